The van der Waals surface area contributed by atoms with Crippen LogP contribution in [-0.4, -0.2) is 42.7 Å². The first kappa shape index (κ1) is 21.0. The highest BCUT2D eigenvalue weighted by molar-refractivity contribution is 6.10. The third-order valence-electron chi connectivity index (χ3n) is 5.19. The minimum atomic E-state index is -0.751. The van der Waals surface area contributed by atoms with Crippen LogP contribution < -0.4 is 24.8 Å². The lowest BCUT2D eigenvalue weighted by Gasteiger charge is -2.28. The second-order valence-corrected chi connectivity index (χ2v) is 6.92. The Morgan fingerprint density at radius 2 is 1.75 bits per heavy atom. The fourth-order valence-corrected chi connectivity index (χ4v) is 3.63. The van der Waals surface area contributed by atoms with Gasteiger partial charge in [0.1, 0.15) is 0 Å². The largest absolute Gasteiger partial charge is 0.493 e. The number of rotatable bonds is 7. The van der Waals surface area contributed by atoms with Crippen LogP contribution in [0.1, 0.15) is 22.0 Å². The molecule has 0 fully saturated rings. The van der Waals surface area contributed by atoms with Crippen molar-refractivity contribution in [3.63, 3.8) is 0 Å². The van der Waals surface area contributed by atoms with Gasteiger partial charge < -0.3 is 29.4 Å². The summed E-state index contributed by atoms with van der Waals surface area (Å²) in [6, 6.07) is 9.38. The first-order valence-corrected chi connectivity index (χ1v) is 9.76. The number of ether oxygens (including phenoxy) is 3. The van der Waals surface area contributed by atoms with Gasteiger partial charge in [-0.2, -0.15) is 0 Å². The van der Waals surface area contributed by atoms with E-state index in [1.54, 1.807) is 36.8 Å². The van der Waals surface area contributed by atoms with Crippen LogP contribution in [0.2, 0.25) is 0 Å². The van der Waals surface area contributed by atoms with Crippen molar-refractivity contribution in [2.75, 3.05) is 21.3 Å². The SMILES string of the molecule is COc1ccc(C2NC(=O)NC=C2C(=O)c2ccc(-n3ccnc3)cc2)c(OC)c1OC. The van der Waals surface area contributed by atoms with Crippen LogP contribution >= 0.6 is 0 Å². The molecule has 9 heteroatoms. The van der Waals surface area contributed by atoms with Crippen molar-refractivity contribution in [1.29, 1.82) is 0 Å². The molecule has 0 bridgehead atoms. The van der Waals surface area contributed by atoms with Gasteiger partial charge in [0.05, 0.1) is 33.7 Å². The maximum absolute atomic E-state index is 13.4. The molecule has 0 saturated heterocycles. The summed E-state index contributed by atoms with van der Waals surface area (Å²) in [7, 11) is 4.50. The number of nitrogens with zero attached hydrogens (tertiary/aromatic N) is 2. The van der Waals surface area contributed by atoms with E-state index in [0.717, 1.165) is 5.69 Å². The third-order valence-corrected chi connectivity index (χ3v) is 5.19. The molecule has 0 radical (unpaired) electrons. The topological polar surface area (TPSA) is 104 Å². The quantitative estimate of drug-likeness (QED) is 0.554. The number of urea groups is 1. The standard InChI is InChI=1S/C23H22N4O5/c1-30-18-9-8-16(21(31-2)22(18)32-3)19-17(12-25-23(29)26-19)20(28)14-4-6-15(7-5-14)27-11-10-24-13-27/h4-13,19H,1-3H3,(H2,25,26,29). The van der Waals surface area contributed by atoms with Crippen molar-refractivity contribution < 1.29 is 23.8 Å². The first-order valence-electron chi connectivity index (χ1n) is 9.76. The molecular formula is C23H22N4O5. The Morgan fingerprint density at radius 3 is 2.38 bits per heavy atom. The van der Waals surface area contributed by atoms with E-state index >= 15 is 0 Å². The number of benzene rings is 2. The Hall–Kier alpha value is -4.27. The summed E-state index contributed by atoms with van der Waals surface area (Å²) in [5.74, 6) is 0.974. The predicted molar refractivity (Wildman–Crippen MR) is 116 cm³/mol. The monoisotopic (exact) mass is 434 g/mol. The summed E-state index contributed by atoms with van der Waals surface area (Å²) in [5, 5.41) is 5.37. The van der Waals surface area contributed by atoms with E-state index in [-0.39, 0.29) is 5.78 Å². The molecule has 2 N–H and O–H groups in total. The Balaban J connectivity index is 1.72. The molecule has 1 aliphatic rings. The zero-order chi connectivity index (χ0) is 22.7. The average Bonchev–Trinajstić information content (AvgIpc) is 3.37. The van der Waals surface area contributed by atoms with E-state index in [1.807, 2.05) is 22.9 Å². The minimum absolute atomic E-state index is 0.239. The summed E-state index contributed by atoms with van der Waals surface area (Å²) in [6.45, 7) is 0. The van der Waals surface area contributed by atoms with Gasteiger partial charge in [-0.1, -0.05) is 0 Å². The van der Waals surface area contributed by atoms with Crippen molar-refractivity contribution in [2.45, 2.75) is 6.04 Å². The molecule has 0 aliphatic carbocycles. The molecule has 3 aromatic rings. The summed E-state index contributed by atoms with van der Waals surface area (Å²) in [6.07, 6.45) is 6.60. The zero-order valence-corrected chi connectivity index (χ0v) is 17.8. The number of ketones is 1. The maximum Gasteiger partial charge on any atom is 0.319 e. The van der Waals surface area contributed by atoms with Crippen LogP contribution in [0.3, 0.4) is 0 Å². The molecular weight excluding hydrogens is 412 g/mol. The smallest absolute Gasteiger partial charge is 0.319 e. The maximum atomic E-state index is 13.4. The molecule has 0 saturated carbocycles. The average molecular weight is 434 g/mol. The van der Waals surface area contributed by atoms with Crippen molar-refractivity contribution in [3.05, 3.63) is 78.0 Å². The predicted octanol–water partition coefficient (Wildman–Crippen LogP) is 3.02. The molecule has 9 nitrogen and oxygen atoms in total. The van der Waals surface area contributed by atoms with Crippen molar-refractivity contribution in [3.8, 4) is 22.9 Å². The second kappa shape index (κ2) is 8.84. The molecule has 0 spiro atoms. The van der Waals surface area contributed by atoms with Gasteiger partial charge >= 0.3 is 6.03 Å². The van der Waals surface area contributed by atoms with Crippen LogP contribution in [0.15, 0.2) is 66.9 Å². The Morgan fingerprint density at radius 1 is 1.00 bits per heavy atom. The van der Waals surface area contributed by atoms with E-state index in [0.29, 0.717) is 33.9 Å². The van der Waals surface area contributed by atoms with E-state index in [2.05, 4.69) is 15.6 Å². The Bertz CT molecular complexity index is 1170. The van der Waals surface area contributed by atoms with Gasteiger partial charge in [0.15, 0.2) is 17.3 Å². The lowest BCUT2D eigenvalue weighted by molar-refractivity contribution is 0.102. The van der Waals surface area contributed by atoms with Crippen LogP contribution in [0, 0.1) is 0 Å². The van der Waals surface area contributed by atoms with Gasteiger partial charge in [-0.05, 0) is 36.4 Å². The highest BCUT2D eigenvalue weighted by Gasteiger charge is 2.32. The Kier molecular flexibility index (Phi) is 5.80. The molecule has 164 valence electrons. The van der Waals surface area contributed by atoms with Gasteiger partial charge in [-0.15, -0.1) is 0 Å². The molecule has 2 heterocycles. The Labute approximate surface area is 184 Å². The van der Waals surface area contributed by atoms with Crippen LogP contribution in [0.5, 0.6) is 17.2 Å². The van der Waals surface area contributed by atoms with Gasteiger partial charge in [0.25, 0.3) is 0 Å². The van der Waals surface area contributed by atoms with Crippen LogP contribution in [-0.2, 0) is 0 Å². The highest BCUT2D eigenvalue weighted by Crippen LogP contribution is 2.44. The molecule has 2 aromatic carbocycles. The summed E-state index contributed by atoms with van der Waals surface area (Å²) >= 11 is 0. The van der Waals surface area contributed by atoms with Crippen LogP contribution in [0.25, 0.3) is 5.69 Å². The van der Waals surface area contributed by atoms with Gasteiger partial charge in [0.2, 0.25) is 5.75 Å². The molecule has 4 rings (SSSR count). The number of aromatic nitrogens is 2. The molecule has 1 atom stereocenters. The third kappa shape index (κ3) is 3.76. The summed E-state index contributed by atoms with van der Waals surface area (Å²) in [4.78, 5) is 29.5. The van der Waals surface area contributed by atoms with E-state index in [1.165, 1.54) is 27.5 Å². The number of nitrogens with one attached hydrogen (secondary N) is 2. The number of amides is 2. The molecule has 32 heavy (non-hydrogen) atoms. The number of hydrogen-bond acceptors (Lipinski definition) is 6. The molecule has 1 aromatic heterocycles. The normalized spacial score (nSPS) is 15.3. The van der Waals surface area contributed by atoms with Crippen molar-refractivity contribution in [1.82, 2.24) is 20.2 Å². The van der Waals surface area contributed by atoms with E-state index in [4.69, 9.17) is 14.2 Å². The number of methoxy groups -OCH3 is 3. The van der Waals surface area contributed by atoms with E-state index in [9.17, 15) is 9.59 Å². The molecule has 2 amide bonds. The van der Waals surface area contributed by atoms with Gasteiger partial charge in [0, 0.05) is 41.0 Å². The number of carbonyl (C=O) groups is 2. The second-order valence-electron chi connectivity index (χ2n) is 6.92. The number of imidazole rings is 1. The zero-order valence-electron chi connectivity index (χ0n) is 17.8. The fourth-order valence-electron chi connectivity index (χ4n) is 3.63. The lowest BCUT2D eigenvalue weighted by atomic mass is 9.91. The molecule has 1 unspecified atom stereocenters. The fraction of sp³-hybridized carbons (Fsp3) is 0.174. The highest BCUT2D eigenvalue weighted by atomic mass is 16.5. The summed E-state index contributed by atoms with van der Waals surface area (Å²) in [5.41, 5.74) is 2.27. The minimum Gasteiger partial charge on any atom is -0.493 e. The summed E-state index contributed by atoms with van der Waals surface area (Å²) < 4.78 is 18.2. The lowest BCUT2D eigenvalue weighted by Crippen LogP contribution is -2.42. The number of carbonyl (C=O) groups excluding carboxylic acids is 2. The number of hydrogen-bond donors (Lipinski definition) is 2. The van der Waals surface area contributed by atoms with Crippen molar-refractivity contribution in [2.24, 2.45) is 0 Å². The number of Topliss-reactive ketones (excluding diaryl/α,β-unsaturated/α-hetero) is 1. The van der Waals surface area contributed by atoms with Gasteiger partial charge in [-0.3, -0.25) is 4.79 Å². The van der Waals surface area contributed by atoms with Crippen molar-refractivity contribution >= 4 is 11.8 Å². The van der Waals surface area contributed by atoms with Crippen LogP contribution in [0.4, 0.5) is 4.79 Å². The first-order chi connectivity index (χ1) is 15.6. The van der Waals surface area contributed by atoms with Gasteiger partial charge in [-0.25, -0.2) is 9.78 Å². The molecule has 1 aliphatic heterocycles. The van der Waals surface area contributed by atoms with E-state index < -0.39 is 12.1 Å².